The van der Waals surface area contributed by atoms with Gasteiger partial charge in [-0.25, -0.2) is 0 Å². The van der Waals surface area contributed by atoms with Gasteiger partial charge in [0.25, 0.3) is 10.1 Å². The standard InChI is InChI=1S/C15H18O4S/c1-15(9-7-14(8-10-15)20(16,17)18)11-12-19-13-5-3-2-4-6-13/h2-9H,10-12H2,1H3,(H,16,17,18). The summed E-state index contributed by atoms with van der Waals surface area (Å²) < 4.78 is 36.6. The quantitative estimate of drug-likeness (QED) is 0.847. The van der Waals surface area contributed by atoms with E-state index in [0.717, 1.165) is 12.2 Å². The number of para-hydroxylation sites is 1. The number of hydrogen-bond donors (Lipinski definition) is 1. The molecule has 0 bridgehead atoms. The topological polar surface area (TPSA) is 63.6 Å². The van der Waals surface area contributed by atoms with Crippen molar-refractivity contribution in [3.05, 3.63) is 53.5 Å². The van der Waals surface area contributed by atoms with E-state index in [0.29, 0.717) is 13.0 Å². The summed E-state index contributed by atoms with van der Waals surface area (Å²) in [6.07, 6.45) is 6.17. The van der Waals surface area contributed by atoms with Crippen molar-refractivity contribution >= 4 is 10.1 Å². The predicted octanol–water partition coefficient (Wildman–Crippen LogP) is 3.19. The summed E-state index contributed by atoms with van der Waals surface area (Å²) in [7, 11) is -4.10. The molecule has 0 aliphatic heterocycles. The molecular formula is C15H18O4S. The van der Waals surface area contributed by atoms with Gasteiger partial charge >= 0.3 is 0 Å². The maximum atomic E-state index is 11.0. The van der Waals surface area contributed by atoms with E-state index in [1.54, 1.807) is 6.08 Å². The lowest BCUT2D eigenvalue weighted by atomic mass is 9.81. The summed E-state index contributed by atoms with van der Waals surface area (Å²) in [6, 6.07) is 9.56. The van der Waals surface area contributed by atoms with E-state index in [2.05, 4.69) is 0 Å². The Balaban J connectivity index is 1.89. The monoisotopic (exact) mass is 294 g/mol. The van der Waals surface area contributed by atoms with Crippen molar-refractivity contribution in [2.75, 3.05) is 6.61 Å². The van der Waals surface area contributed by atoms with E-state index in [4.69, 9.17) is 9.29 Å². The van der Waals surface area contributed by atoms with Crippen molar-refractivity contribution in [3.8, 4) is 5.75 Å². The summed E-state index contributed by atoms with van der Waals surface area (Å²) in [6.45, 7) is 2.59. The molecule has 0 fully saturated rings. The van der Waals surface area contributed by atoms with Crippen LogP contribution in [-0.4, -0.2) is 19.6 Å². The van der Waals surface area contributed by atoms with Crippen LogP contribution in [0, 0.1) is 5.41 Å². The zero-order valence-corrected chi connectivity index (χ0v) is 12.1. The molecule has 1 aromatic rings. The molecule has 0 amide bonds. The van der Waals surface area contributed by atoms with Gasteiger partial charge < -0.3 is 4.74 Å². The minimum absolute atomic E-state index is 0.0287. The van der Waals surface area contributed by atoms with Gasteiger partial charge in [-0.1, -0.05) is 37.3 Å². The number of rotatable bonds is 5. The minimum Gasteiger partial charge on any atom is -0.494 e. The third kappa shape index (κ3) is 3.95. The molecule has 4 nitrogen and oxygen atoms in total. The van der Waals surface area contributed by atoms with Gasteiger partial charge in [0, 0.05) is 0 Å². The predicted molar refractivity (Wildman–Crippen MR) is 78.0 cm³/mol. The molecule has 1 aromatic carbocycles. The lowest BCUT2D eigenvalue weighted by molar-refractivity contribution is 0.249. The average Bonchev–Trinajstić information content (AvgIpc) is 2.39. The van der Waals surface area contributed by atoms with Crippen molar-refractivity contribution < 1.29 is 17.7 Å². The summed E-state index contributed by atoms with van der Waals surface area (Å²) >= 11 is 0. The lowest BCUT2D eigenvalue weighted by Crippen LogP contribution is -2.19. The van der Waals surface area contributed by atoms with Crippen molar-refractivity contribution in [2.24, 2.45) is 5.41 Å². The lowest BCUT2D eigenvalue weighted by Gasteiger charge is -2.27. The van der Waals surface area contributed by atoms with Gasteiger partial charge in [0.15, 0.2) is 0 Å². The highest BCUT2D eigenvalue weighted by Crippen LogP contribution is 2.34. The number of benzene rings is 1. The third-order valence-electron chi connectivity index (χ3n) is 3.40. The van der Waals surface area contributed by atoms with Crippen LogP contribution in [0.4, 0.5) is 0 Å². The number of ether oxygens (including phenoxy) is 1. The van der Waals surface area contributed by atoms with Crippen molar-refractivity contribution in [1.29, 1.82) is 0 Å². The van der Waals surface area contributed by atoms with Crippen LogP contribution in [0.3, 0.4) is 0 Å². The smallest absolute Gasteiger partial charge is 0.294 e. The van der Waals surface area contributed by atoms with Gasteiger partial charge in [0.1, 0.15) is 5.75 Å². The highest BCUT2D eigenvalue weighted by molar-refractivity contribution is 7.90. The normalized spacial score (nSPS) is 22.4. The Bertz CT molecular complexity index is 617. The summed E-state index contributed by atoms with van der Waals surface area (Å²) in [5.74, 6) is 0.824. The SMILES string of the molecule is CC1(CCOc2ccccc2)C=CC(S(=O)(=O)O)=CC1. The molecule has 1 aliphatic carbocycles. The van der Waals surface area contributed by atoms with E-state index >= 15 is 0 Å². The fourth-order valence-corrected chi connectivity index (χ4v) is 2.58. The average molecular weight is 294 g/mol. The van der Waals surface area contributed by atoms with Crippen LogP contribution >= 0.6 is 0 Å². The largest absolute Gasteiger partial charge is 0.494 e. The Morgan fingerprint density at radius 3 is 2.55 bits per heavy atom. The van der Waals surface area contributed by atoms with Crippen LogP contribution in [0.2, 0.25) is 0 Å². The Morgan fingerprint density at radius 1 is 1.30 bits per heavy atom. The van der Waals surface area contributed by atoms with E-state index in [-0.39, 0.29) is 10.3 Å². The summed E-state index contributed by atoms with van der Waals surface area (Å²) in [4.78, 5) is -0.0287. The fourth-order valence-electron chi connectivity index (χ4n) is 2.05. The van der Waals surface area contributed by atoms with Crippen LogP contribution in [0.25, 0.3) is 0 Å². The molecule has 20 heavy (non-hydrogen) atoms. The van der Waals surface area contributed by atoms with Gasteiger partial charge in [0.2, 0.25) is 0 Å². The van der Waals surface area contributed by atoms with Crippen LogP contribution in [-0.2, 0) is 10.1 Å². The second-order valence-electron chi connectivity index (χ2n) is 5.18. The first-order valence-electron chi connectivity index (χ1n) is 6.44. The molecular weight excluding hydrogens is 276 g/mol. The second-order valence-corrected chi connectivity index (χ2v) is 6.61. The van der Waals surface area contributed by atoms with Crippen LogP contribution < -0.4 is 4.74 Å². The molecule has 1 atom stereocenters. The van der Waals surface area contributed by atoms with E-state index in [1.807, 2.05) is 43.3 Å². The molecule has 0 saturated carbocycles. The first-order valence-corrected chi connectivity index (χ1v) is 7.88. The van der Waals surface area contributed by atoms with Crippen LogP contribution in [0.5, 0.6) is 5.75 Å². The Hall–Kier alpha value is -1.59. The van der Waals surface area contributed by atoms with Gasteiger partial charge in [0.05, 0.1) is 11.5 Å². The molecule has 108 valence electrons. The molecule has 5 heteroatoms. The molecule has 2 rings (SSSR count). The van der Waals surface area contributed by atoms with Crippen LogP contribution in [0.1, 0.15) is 19.8 Å². The third-order valence-corrected chi connectivity index (χ3v) is 4.30. The zero-order chi connectivity index (χ0) is 14.6. The summed E-state index contributed by atoms with van der Waals surface area (Å²) in [5, 5.41) is 0. The molecule has 1 unspecified atom stereocenters. The van der Waals surface area contributed by atoms with E-state index < -0.39 is 10.1 Å². The molecule has 0 radical (unpaired) electrons. The highest BCUT2D eigenvalue weighted by Gasteiger charge is 2.25. The Labute approximate surface area is 119 Å². The maximum Gasteiger partial charge on any atom is 0.294 e. The molecule has 0 heterocycles. The summed E-state index contributed by atoms with van der Waals surface area (Å²) in [5.41, 5.74) is -0.150. The Morgan fingerprint density at radius 2 is 2.00 bits per heavy atom. The van der Waals surface area contributed by atoms with E-state index in [1.165, 1.54) is 6.08 Å². The maximum absolute atomic E-state index is 11.0. The first-order chi connectivity index (χ1) is 9.39. The van der Waals surface area contributed by atoms with Crippen molar-refractivity contribution in [3.63, 3.8) is 0 Å². The molecule has 0 saturated heterocycles. The molecule has 0 spiro atoms. The second kappa shape index (κ2) is 5.81. The fraction of sp³-hybridized carbons (Fsp3) is 0.333. The first kappa shape index (κ1) is 14.8. The molecule has 1 N–H and O–H groups in total. The molecule has 1 aliphatic rings. The van der Waals surface area contributed by atoms with Gasteiger partial charge in [-0.3, -0.25) is 4.55 Å². The van der Waals surface area contributed by atoms with Crippen molar-refractivity contribution in [2.45, 2.75) is 19.8 Å². The van der Waals surface area contributed by atoms with Gasteiger partial charge in [-0.2, -0.15) is 8.42 Å². The number of hydrogen-bond acceptors (Lipinski definition) is 3. The van der Waals surface area contributed by atoms with Gasteiger partial charge in [-0.05, 0) is 36.5 Å². The minimum atomic E-state index is -4.10. The van der Waals surface area contributed by atoms with E-state index in [9.17, 15) is 8.42 Å². The Kier molecular flexibility index (Phi) is 4.30. The van der Waals surface area contributed by atoms with Gasteiger partial charge in [-0.15, -0.1) is 0 Å². The zero-order valence-electron chi connectivity index (χ0n) is 11.3. The number of allylic oxidation sites excluding steroid dienone is 3. The van der Waals surface area contributed by atoms with Crippen LogP contribution in [0.15, 0.2) is 53.5 Å². The highest BCUT2D eigenvalue weighted by atomic mass is 32.2. The molecule has 0 aromatic heterocycles. The van der Waals surface area contributed by atoms with Crippen molar-refractivity contribution in [1.82, 2.24) is 0 Å².